The number of allylic oxidation sites excluding steroid dienone is 6. The van der Waals surface area contributed by atoms with Gasteiger partial charge in [-0.1, -0.05) is 29.4 Å². The Labute approximate surface area is 138 Å². The van der Waals surface area contributed by atoms with Crippen molar-refractivity contribution >= 4 is 18.9 Å². The van der Waals surface area contributed by atoms with Gasteiger partial charge in [-0.25, -0.2) is 0 Å². The molecular weight excluding hydrogens is 288 g/mol. The molecule has 0 spiro atoms. The van der Waals surface area contributed by atoms with Crippen LogP contribution in [0.4, 0.5) is 0 Å². The quantitative estimate of drug-likeness (QED) is 0.505. The molecule has 0 radical (unpaired) electrons. The van der Waals surface area contributed by atoms with E-state index in [4.69, 9.17) is 0 Å². The van der Waals surface area contributed by atoms with Crippen LogP contribution in [0.5, 0.6) is 0 Å². The first-order valence-corrected chi connectivity index (χ1v) is 8.36. The minimum atomic E-state index is -0.454. The summed E-state index contributed by atoms with van der Waals surface area (Å²) in [5.74, 6) is -0.259. The third kappa shape index (κ3) is 3.60. The van der Waals surface area contributed by atoms with Crippen molar-refractivity contribution in [1.82, 2.24) is 0 Å². The topological polar surface area (TPSA) is 51.2 Å². The molecule has 0 aromatic rings. The number of rotatable bonds is 8. The predicted molar refractivity (Wildman–Crippen MR) is 90.8 cm³/mol. The molecule has 3 nitrogen and oxygen atoms in total. The molecule has 1 saturated carbocycles. The van der Waals surface area contributed by atoms with Gasteiger partial charge in [0.1, 0.15) is 18.9 Å². The van der Waals surface area contributed by atoms with Gasteiger partial charge in [0.25, 0.3) is 0 Å². The second-order valence-corrected chi connectivity index (χ2v) is 7.20. The molecule has 2 rings (SSSR count). The van der Waals surface area contributed by atoms with Crippen LogP contribution < -0.4 is 0 Å². The molecule has 0 N–H and O–H groups in total. The number of hydrogen-bond acceptors (Lipinski definition) is 3. The highest BCUT2D eigenvalue weighted by Gasteiger charge is 2.60. The lowest BCUT2D eigenvalue weighted by molar-refractivity contribution is -0.118. The highest BCUT2D eigenvalue weighted by atomic mass is 16.1. The van der Waals surface area contributed by atoms with Gasteiger partial charge in [0, 0.05) is 11.3 Å². The number of carbonyl (C=O) groups is 3. The first-order chi connectivity index (χ1) is 11.0. The van der Waals surface area contributed by atoms with Crippen LogP contribution in [0.25, 0.3) is 0 Å². The Morgan fingerprint density at radius 2 is 2.00 bits per heavy atom. The van der Waals surface area contributed by atoms with E-state index in [9.17, 15) is 14.4 Å². The molecule has 0 unspecified atom stereocenters. The monoisotopic (exact) mass is 314 g/mol. The van der Waals surface area contributed by atoms with Gasteiger partial charge in [0.15, 0.2) is 0 Å². The minimum absolute atomic E-state index is 0.0514. The number of aldehydes is 3. The molecule has 23 heavy (non-hydrogen) atoms. The normalized spacial score (nSPS) is 32.9. The minimum Gasteiger partial charge on any atom is -0.303 e. The molecule has 2 aliphatic carbocycles. The molecular formula is C20H26O3. The molecule has 0 heterocycles. The van der Waals surface area contributed by atoms with E-state index in [1.54, 1.807) is 0 Å². The van der Waals surface area contributed by atoms with Gasteiger partial charge in [-0.15, -0.1) is 0 Å². The summed E-state index contributed by atoms with van der Waals surface area (Å²) in [5, 5.41) is 0. The van der Waals surface area contributed by atoms with Crippen molar-refractivity contribution in [1.29, 1.82) is 0 Å². The summed E-state index contributed by atoms with van der Waals surface area (Å²) < 4.78 is 0. The molecule has 1 fully saturated rings. The summed E-state index contributed by atoms with van der Waals surface area (Å²) >= 11 is 0. The van der Waals surface area contributed by atoms with Crippen molar-refractivity contribution < 1.29 is 14.4 Å². The molecule has 0 amide bonds. The van der Waals surface area contributed by atoms with Crippen molar-refractivity contribution in [2.24, 2.45) is 23.2 Å². The molecule has 0 aromatic heterocycles. The van der Waals surface area contributed by atoms with E-state index < -0.39 is 11.3 Å². The van der Waals surface area contributed by atoms with Crippen molar-refractivity contribution in [3.63, 3.8) is 0 Å². The Morgan fingerprint density at radius 3 is 2.57 bits per heavy atom. The molecule has 0 aliphatic heterocycles. The van der Waals surface area contributed by atoms with Gasteiger partial charge < -0.3 is 9.59 Å². The van der Waals surface area contributed by atoms with E-state index in [-0.39, 0.29) is 11.8 Å². The molecule has 3 heteroatoms. The molecule has 124 valence electrons. The fraction of sp³-hybridized carbons (Fsp3) is 0.550. The zero-order valence-electron chi connectivity index (χ0n) is 14.2. The van der Waals surface area contributed by atoms with E-state index in [2.05, 4.69) is 32.9 Å². The second-order valence-electron chi connectivity index (χ2n) is 7.20. The summed E-state index contributed by atoms with van der Waals surface area (Å²) in [6, 6.07) is 0. The third-order valence-electron chi connectivity index (χ3n) is 5.30. The van der Waals surface area contributed by atoms with Gasteiger partial charge in [-0.05, 0) is 63.9 Å². The summed E-state index contributed by atoms with van der Waals surface area (Å²) in [6.07, 6.45) is 12.3. The summed E-state index contributed by atoms with van der Waals surface area (Å²) in [5.41, 5.74) is 2.70. The summed E-state index contributed by atoms with van der Waals surface area (Å²) in [7, 11) is 0. The van der Waals surface area contributed by atoms with Gasteiger partial charge in [0.05, 0.1) is 0 Å². The average Bonchev–Trinajstić information content (AvgIpc) is 3.05. The fourth-order valence-electron chi connectivity index (χ4n) is 3.83. The second kappa shape index (κ2) is 7.20. The van der Waals surface area contributed by atoms with Gasteiger partial charge in [0.2, 0.25) is 0 Å². The predicted octanol–water partition coefficient (Wildman–Crippen LogP) is 3.84. The Balaban J connectivity index is 2.05. The summed E-state index contributed by atoms with van der Waals surface area (Å²) in [6.45, 7) is 6.29. The van der Waals surface area contributed by atoms with Crippen LogP contribution in [-0.2, 0) is 14.4 Å². The first-order valence-electron chi connectivity index (χ1n) is 8.36. The van der Waals surface area contributed by atoms with Crippen molar-refractivity contribution in [2.45, 2.75) is 46.5 Å². The number of carbonyl (C=O) groups excluding carboxylic acids is 3. The van der Waals surface area contributed by atoms with Crippen LogP contribution in [0.1, 0.15) is 46.5 Å². The molecule has 4 atom stereocenters. The highest BCUT2D eigenvalue weighted by molar-refractivity contribution is 5.83. The van der Waals surface area contributed by atoms with Gasteiger partial charge in [-0.3, -0.25) is 4.79 Å². The lowest BCUT2D eigenvalue weighted by atomic mass is 9.78. The number of hydrogen-bond donors (Lipinski definition) is 0. The van der Waals surface area contributed by atoms with Crippen molar-refractivity contribution in [2.75, 3.05) is 0 Å². The Kier molecular flexibility index (Phi) is 5.51. The van der Waals surface area contributed by atoms with E-state index in [0.29, 0.717) is 12.0 Å². The Hall–Kier alpha value is -1.77. The van der Waals surface area contributed by atoms with Gasteiger partial charge >= 0.3 is 0 Å². The standard InChI is InChI=1S/C20H26O3/c1-14(2)5-4-6-15(3)9-17-10-20(17,13-23)19-8-7-16(11-21)18(19)12-22/h5,7,9,11-13,17-19H,4,6,8,10H2,1-3H3/b15-9+/t17-,18+,19-,20+/m0/s1. The maximum absolute atomic E-state index is 11.8. The molecule has 0 aromatic carbocycles. The highest BCUT2D eigenvalue weighted by Crippen LogP contribution is 2.62. The molecule has 0 bridgehead atoms. The van der Waals surface area contributed by atoms with Crippen molar-refractivity contribution in [3.05, 3.63) is 34.9 Å². The lowest BCUT2D eigenvalue weighted by Gasteiger charge is -2.22. The largest absolute Gasteiger partial charge is 0.303 e. The maximum Gasteiger partial charge on any atom is 0.146 e. The van der Waals surface area contributed by atoms with Crippen LogP contribution in [0.15, 0.2) is 34.9 Å². The van der Waals surface area contributed by atoms with Crippen LogP contribution in [0.3, 0.4) is 0 Å². The van der Waals surface area contributed by atoms with E-state index in [0.717, 1.165) is 38.1 Å². The van der Waals surface area contributed by atoms with Gasteiger partial charge in [-0.2, -0.15) is 0 Å². The van der Waals surface area contributed by atoms with Crippen LogP contribution in [-0.4, -0.2) is 18.9 Å². The van der Waals surface area contributed by atoms with E-state index in [1.165, 1.54) is 11.1 Å². The average molecular weight is 314 g/mol. The molecule has 0 saturated heterocycles. The van der Waals surface area contributed by atoms with Crippen LogP contribution >= 0.6 is 0 Å². The van der Waals surface area contributed by atoms with Crippen molar-refractivity contribution in [3.8, 4) is 0 Å². The SMILES string of the molecule is CC(C)=CCC/C(C)=C/[C@H]1C[C@]1(C=O)[C@H]1CC=C(C=O)[C@H]1C=O. The van der Waals surface area contributed by atoms with Crippen LogP contribution in [0, 0.1) is 23.2 Å². The third-order valence-corrected chi connectivity index (χ3v) is 5.30. The van der Waals surface area contributed by atoms with E-state index in [1.807, 2.05) is 6.08 Å². The fourth-order valence-corrected chi connectivity index (χ4v) is 3.83. The zero-order valence-corrected chi connectivity index (χ0v) is 14.2. The molecule has 2 aliphatic rings. The van der Waals surface area contributed by atoms with Crippen LogP contribution in [0.2, 0.25) is 0 Å². The zero-order chi connectivity index (χ0) is 17.0. The first kappa shape index (κ1) is 17.6. The summed E-state index contributed by atoms with van der Waals surface area (Å²) in [4.78, 5) is 34.2. The lowest BCUT2D eigenvalue weighted by Crippen LogP contribution is -2.26. The maximum atomic E-state index is 11.8. The Morgan fingerprint density at radius 1 is 1.26 bits per heavy atom. The van der Waals surface area contributed by atoms with E-state index >= 15 is 0 Å². The smallest absolute Gasteiger partial charge is 0.146 e. The Bertz CT molecular complexity index is 578.